The molecule has 0 saturated heterocycles. The SMILES string of the molecule is CCCc1cc(N(C=O)CCCC(=O)O)ccc1OC(C(=O)NS(=O)(=O)c1ccc(C(C)C)cc1)c1cc(OC)c2c(c1)OCO2. The summed E-state index contributed by atoms with van der Waals surface area (Å²) in [5.74, 6) is -0.518. The number of hydrogen-bond acceptors (Lipinski definition) is 9. The Hall–Kier alpha value is -4.78. The van der Waals surface area contributed by atoms with Gasteiger partial charge in [-0.25, -0.2) is 13.1 Å². The number of carboxylic acid groups (broad SMARTS) is 1. The van der Waals surface area contributed by atoms with Crippen LogP contribution in [0.25, 0.3) is 0 Å². The van der Waals surface area contributed by atoms with E-state index in [-0.39, 0.29) is 54.1 Å². The van der Waals surface area contributed by atoms with Crippen LogP contribution in [0.1, 0.15) is 68.7 Å². The molecule has 0 saturated carbocycles. The average Bonchev–Trinajstić information content (AvgIpc) is 3.51. The van der Waals surface area contributed by atoms with Gasteiger partial charge in [-0.1, -0.05) is 39.3 Å². The average molecular weight is 655 g/mol. The predicted molar refractivity (Wildman–Crippen MR) is 169 cm³/mol. The minimum Gasteiger partial charge on any atom is -0.493 e. The summed E-state index contributed by atoms with van der Waals surface area (Å²) >= 11 is 0. The maximum atomic E-state index is 13.8. The van der Waals surface area contributed by atoms with Crippen molar-refractivity contribution in [1.82, 2.24) is 4.72 Å². The summed E-state index contributed by atoms with van der Waals surface area (Å²) in [6.45, 7) is 6.06. The lowest BCUT2D eigenvalue weighted by Gasteiger charge is -2.23. The normalized spacial score (nSPS) is 12.8. The lowest BCUT2D eigenvalue weighted by Crippen LogP contribution is -2.37. The van der Waals surface area contributed by atoms with Crippen LogP contribution in [0.15, 0.2) is 59.5 Å². The molecule has 0 radical (unpaired) electrons. The van der Waals surface area contributed by atoms with Crippen LogP contribution in [-0.2, 0) is 30.8 Å². The van der Waals surface area contributed by atoms with Crippen molar-refractivity contribution in [1.29, 1.82) is 0 Å². The van der Waals surface area contributed by atoms with E-state index in [4.69, 9.17) is 24.1 Å². The van der Waals surface area contributed by atoms with Gasteiger partial charge in [-0.05, 0) is 72.4 Å². The maximum absolute atomic E-state index is 13.8. The Kier molecular flexibility index (Phi) is 11.1. The smallest absolute Gasteiger partial charge is 0.303 e. The lowest BCUT2D eigenvalue weighted by molar-refractivity contribution is -0.137. The summed E-state index contributed by atoms with van der Waals surface area (Å²) in [5.41, 5.74) is 2.37. The van der Waals surface area contributed by atoms with E-state index >= 15 is 0 Å². The predicted octanol–water partition coefficient (Wildman–Crippen LogP) is 4.95. The fourth-order valence-electron chi connectivity index (χ4n) is 4.95. The minimum absolute atomic E-state index is 0.0601. The molecule has 46 heavy (non-hydrogen) atoms. The van der Waals surface area contributed by atoms with E-state index in [0.717, 1.165) is 5.56 Å². The van der Waals surface area contributed by atoms with Crippen LogP contribution >= 0.6 is 0 Å². The summed E-state index contributed by atoms with van der Waals surface area (Å²) in [4.78, 5) is 38.0. The number of amides is 2. The van der Waals surface area contributed by atoms with Crippen molar-refractivity contribution in [2.45, 2.75) is 63.4 Å². The molecule has 3 aromatic rings. The largest absolute Gasteiger partial charge is 0.493 e. The number of aryl methyl sites for hydroxylation is 1. The quantitative estimate of drug-likeness (QED) is 0.203. The molecule has 0 fully saturated rings. The van der Waals surface area contributed by atoms with Crippen LogP contribution in [0.4, 0.5) is 5.69 Å². The Morgan fingerprint density at radius 1 is 1.04 bits per heavy atom. The van der Waals surface area contributed by atoms with Gasteiger partial charge in [0.25, 0.3) is 15.9 Å². The standard InChI is InChI=1S/C33H38N2O10S/c1-5-7-23-16-25(35(19-36)15-6-8-30(37)38)11-14-27(23)45-31(24-17-28(42-4)32-29(18-24)43-20-44-32)33(39)34-46(40,41)26-12-9-22(10-13-26)21(2)3/h9-14,16-19,21,31H,5-8,15,20H2,1-4H3,(H,34,39)(H,37,38). The molecule has 4 rings (SSSR count). The first-order chi connectivity index (χ1) is 22.0. The van der Waals surface area contributed by atoms with Crippen molar-refractivity contribution in [3.05, 3.63) is 71.3 Å². The van der Waals surface area contributed by atoms with Crippen LogP contribution in [0, 0.1) is 0 Å². The molecule has 0 bridgehead atoms. The van der Waals surface area contributed by atoms with Gasteiger partial charge in [0.05, 0.1) is 12.0 Å². The molecule has 3 aromatic carbocycles. The Morgan fingerprint density at radius 2 is 1.78 bits per heavy atom. The van der Waals surface area contributed by atoms with Gasteiger partial charge in [0.15, 0.2) is 11.5 Å². The number of hydrogen-bond donors (Lipinski definition) is 2. The Balaban J connectivity index is 1.71. The van der Waals surface area contributed by atoms with E-state index in [0.29, 0.717) is 42.0 Å². The number of nitrogens with zero attached hydrogens (tertiary/aromatic N) is 1. The third kappa shape index (κ3) is 8.08. The topological polar surface area (TPSA) is 158 Å². The number of carbonyl (C=O) groups excluding carboxylic acids is 2. The van der Waals surface area contributed by atoms with Crippen molar-refractivity contribution < 1.29 is 46.9 Å². The Labute approximate surface area is 268 Å². The van der Waals surface area contributed by atoms with Crippen molar-refractivity contribution in [3.63, 3.8) is 0 Å². The first-order valence-corrected chi connectivity index (χ1v) is 16.3. The first kappa shape index (κ1) is 34.1. The van der Waals surface area contributed by atoms with Crippen molar-refractivity contribution in [3.8, 4) is 23.0 Å². The highest BCUT2D eigenvalue weighted by Gasteiger charge is 2.32. The molecule has 1 aliphatic rings. The molecule has 12 nitrogen and oxygen atoms in total. The number of sulfonamides is 1. The fraction of sp³-hybridized carbons (Fsp3) is 0.364. The second kappa shape index (κ2) is 15.0. The number of rotatable bonds is 16. The maximum Gasteiger partial charge on any atom is 0.303 e. The lowest BCUT2D eigenvalue weighted by atomic mass is 10.0. The molecule has 246 valence electrons. The zero-order valence-corrected chi connectivity index (χ0v) is 27.0. The van der Waals surface area contributed by atoms with E-state index in [9.17, 15) is 22.8 Å². The highest BCUT2D eigenvalue weighted by Crippen LogP contribution is 2.44. The van der Waals surface area contributed by atoms with Gasteiger partial charge >= 0.3 is 5.97 Å². The minimum atomic E-state index is -4.29. The summed E-state index contributed by atoms with van der Waals surface area (Å²) in [6, 6.07) is 14.3. The molecule has 1 unspecified atom stereocenters. The molecule has 0 aromatic heterocycles. The van der Waals surface area contributed by atoms with E-state index in [1.165, 1.54) is 36.3 Å². The highest BCUT2D eigenvalue weighted by molar-refractivity contribution is 7.90. The summed E-state index contributed by atoms with van der Waals surface area (Å²) in [7, 11) is -2.86. The second-order valence-electron chi connectivity index (χ2n) is 11.0. The summed E-state index contributed by atoms with van der Waals surface area (Å²) < 4.78 is 51.6. The summed E-state index contributed by atoms with van der Waals surface area (Å²) in [5, 5.41) is 8.98. The number of carbonyl (C=O) groups is 3. The van der Waals surface area contributed by atoms with Gasteiger partial charge < -0.3 is 29.0 Å². The number of fused-ring (bicyclic) bond motifs is 1. The number of ether oxygens (including phenoxy) is 4. The van der Waals surface area contributed by atoms with Gasteiger partial charge in [0.2, 0.25) is 25.1 Å². The third-order valence-electron chi connectivity index (χ3n) is 7.37. The van der Waals surface area contributed by atoms with E-state index in [1.54, 1.807) is 30.3 Å². The van der Waals surface area contributed by atoms with E-state index in [1.807, 2.05) is 20.8 Å². The molecule has 1 atom stereocenters. The molecule has 0 aliphatic carbocycles. The van der Waals surface area contributed by atoms with E-state index in [2.05, 4.69) is 4.72 Å². The molecule has 2 amide bonds. The highest BCUT2D eigenvalue weighted by atomic mass is 32.2. The van der Waals surface area contributed by atoms with Gasteiger partial charge in [-0.2, -0.15) is 0 Å². The Morgan fingerprint density at radius 3 is 2.41 bits per heavy atom. The first-order valence-electron chi connectivity index (χ1n) is 14.8. The van der Waals surface area contributed by atoms with E-state index < -0.39 is 28.0 Å². The van der Waals surface area contributed by atoms with Crippen LogP contribution in [0.2, 0.25) is 0 Å². The van der Waals surface area contributed by atoms with Crippen LogP contribution < -0.4 is 28.6 Å². The molecule has 0 spiro atoms. The molecule has 2 N–H and O–H groups in total. The number of anilines is 1. The third-order valence-corrected chi connectivity index (χ3v) is 8.73. The number of nitrogens with one attached hydrogen (secondary N) is 1. The second-order valence-corrected chi connectivity index (χ2v) is 12.7. The molecular formula is C33H38N2O10S. The van der Waals surface area contributed by atoms with Crippen molar-refractivity contribution in [2.75, 3.05) is 25.3 Å². The number of carboxylic acids is 1. The monoisotopic (exact) mass is 654 g/mol. The van der Waals surface area contributed by atoms with Crippen LogP contribution in [0.3, 0.4) is 0 Å². The van der Waals surface area contributed by atoms with Gasteiger partial charge in [0, 0.05) is 24.2 Å². The van der Waals surface area contributed by atoms with Gasteiger partial charge in [0.1, 0.15) is 5.75 Å². The summed E-state index contributed by atoms with van der Waals surface area (Å²) in [6.07, 6.45) is 0.514. The van der Waals surface area contributed by atoms with Crippen LogP contribution in [0.5, 0.6) is 23.0 Å². The number of aliphatic carboxylic acids is 1. The number of benzene rings is 3. The zero-order valence-electron chi connectivity index (χ0n) is 26.1. The molecule has 1 aliphatic heterocycles. The fourth-order valence-corrected chi connectivity index (χ4v) is 5.93. The number of methoxy groups -OCH3 is 1. The molecular weight excluding hydrogens is 616 g/mol. The van der Waals surface area contributed by atoms with Crippen molar-refractivity contribution in [2.24, 2.45) is 0 Å². The van der Waals surface area contributed by atoms with Crippen LogP contribution in [-0.4, -0.2) is 52.3 Å². The van der Waals surface area contributed by atoms with Gasteiger partial charge in [-0.3, -0.25) is 14.4 Å². The zero-order chi connectivity index (χ0) is 33.4. The molecule has 13 heteroatoms. The Bertz CT molecular complexity index is 1670. The van der Waals surface area contributed by atoms with Crippen molar-refractivity contribution >= 4 is 34.0 Å². The van der Waals surface area contributed by atoms with Gasteiger partial charge in [-0.15, -0.1) is 0 Å². The molecule has 1 heterocycles.